The normalized spacial score (nSPS) is 18.8. The van der Waals surface area contributed by atoms with Gasteiger partial charge >= 0.3 is 0 Å². The second-order valence-corrected chi connectivity index (χ2v) is 5.67. The predicted molar refractivity (Wildman–Crippen MR) is 83.2 cm³/mol. The number of hydrogen-bond donors (Lipinski definition) is 2. The molecular weight excluding hydrogens is 293 g/mol. The van der Waals surface area contributed by atoms with E-state index >= 15 is 0 Å². The summed E-state index contributed by atoms with van der Waals surface area (Å²) in [7, 11) is 0. The summed E-state index contributed by atoms with van der Waals surface area (Å²) in [4.78, 5) is 14.2. The number of carbonyl (C=O) groups is 1. The quantitative estimate of drug-likeness (QED) is 0.878. The third-order valence-electron chi connectivity index (χ3n) is 3.75. The number of amides is 1. The Kier molecular flexibility index (Phi) is 5.96. The Morgan fingerprint density at radius 2 is 2.38 bits per heavy atom. The van der Waals surface area contributed by atoms with Crippen LogP contribution < -0.4 is 10.6 Å². The molecule has 0 radical (unpaired) electrons. The Morgan fingerprint density at radius 1 is 1.57 bits per heavy atom. The van der Waals surface area contributed by atoms with Crippen molar-refractivity contribution in [2.24, 2.45) is 0 Å². The first-order valence-electron chi connectivity index (χ1n) is 7.30. The van der Waals surface area contributed by atoms with Crippen molar-refractivity contribution in [1.29, 1.82) is 0 Å². The van der Waals surface area contributed by atoms with Crippen molar-refractivity contribution in [3.8, 4) is 0 Å². The highest BCUT2D eigenvalue weighted by molar-refractivity contribution is 6.30. The van der Waals surface area contributed by atoms with Gasteiger partial charge in [-0.05, 0) is 44.1 Å². The van der Waals surface area contributed by atoms with Crippen LogP contribution in [0.25, 0.3) is 0 Å². The minimum absolute atomic E-state index is 0.169. The number of rotatable bonds is 5. The number of benzene rings is 1. The number of hydrogen-bond acceptors (Lipinski definition) is 3. The van der Waals surface area contributed by atoms with Crippen LogP contribution in [0.3, 0.4) is 0 Å². The standard InChI is InChI=1S/C15H21ClFN3O/c1-2-20(12-4-3-7-18-9-12)10-15(21)19-14-6-5-11(16)8-13(14)17/h5-6,8,12,18H,2-4,7,9-10H2,1H3,(H,19,21). The molecule has 0 bridgehead atoms. The Bertz CT molecular complexity index is 492. The molecule has 4 nitrogen and oxygen atoms in total. The number of halogens is 2. The number of piperidine rings is 1. The highest BCUT2D eigenvalue weighted by Crippen LogP contribution is 2.19. The number of likely N-dealkylation sites (N-methyl/N-ethyl adjacent to an activating group) is 1. The zero-order chi connectivity index (χ0) is 15.2. The molecule has 116 valence electrons. The first kappa shape index (κ1) is 16.2. The van der Waals surface area contributed by atoms with E-state index in [1.165, 1.54) is 12.1 Å². The number of carbonyl (C=O) groups excluding carboxylic acids is 1. The molecular formula is C15H21ClFN3O. The lowest BCUT2D eigenvalue weighted by Crippen LogP contribution is -2.48. The van der Waals surface area contributed by atoms with Gasteiger partial charge in [0.2, 0.25) is 5.91 Å². The molecule has 1 aromatic carbocycles. The first-order valence-corrected chi connectivity index (χ1v) is 7.67. The number of anilines is 1. The molecule has 0 spiro atoms. The lowest BCUT2D eigenvalue weighted by atomic mass is 10.1. The molecule has 1 fully saturated rings. The van der Waals surface area contributed by atoms with Crippen LogP contribution in [0.5, 0.6) is 0 Å². The Labute approximate surface area is 129 Å². The summed E-state index contributed by atoms with van der Waals surface area (Å²) in [5.74, 6) is -0.720. The van der Waals surface area contributed by atoms with Crippen LogP contribution in [0.15, 0.2) is 18.2 Å². The molecule has 1 amide bonds. The van der Waals surface area contributed by atoms with E-state index in [1.807, 2.05) is 6.92 Å². The van der Waals surface area contributed by atoms with Gasteiger partial charge in [0.05, 0.1) is 12.2 Å². The fourth-order valence-corrected chi connectivity index (χ4v) is 2.77. The lowest BCUT2D eigenvalue weighted by Gasteiger charge is -2.33. The van der Waals surface area contributed by atoms with Crippen molar-refractivity contribution in [3.63, 3.8) is 0 Å². The minimum atomic E-state index is -0.516. The molecule has 1 aromatic rings. The first-order chi connectivity index (χ1) is 10.1. The van der Waals surface area contributed by atoms with Gasteiger partial charge in [-0.3, -0.25) is 9.69 Å². The molecule has 1 unspecified atom stereocenters. The monoisotopic (exact) mass is 313 g/mol. The maximum atomic E-state index is 13.7. The molecule has 1 saturated heterocycles. The van der Waals surface area contributed by atoms with Crippen LogP contribution in [0.1, 0.15) is 19.8 Å². The van der Waals surface area contributed by atoms with E-state index in [-0.39, 0.29) is 18.1 Å². The zero-order valence-electron chi connectivity index (χ0n) is 12.2. The molecule has 2 rings (SSSR count). The molecule has 0 aromatic heterocycles. The van der Waals surface area contributed by atoms with Crippen molar-refractivity contribution in [3.05, 3.63) is 29.0 Å². The van der Waals surface area contributed by atoms with Crippen LogP contribution >= 0.6 is 11.6 Å². The summed E-state index contributed by atoms with van der Waals surface area (Å²) in [6, 6.07) is 4.60. The van der Waals surface area contributed by atoms with E-state index in [4.69, 9.17) is 11.6 Å². The van der Waals surface area contributed by atoms with Crippen LogP contribution in [0.4, 0.5) is 10.1 Å². The minimum Gasteiger partial charge on any atom is -0.322 e. The van der Waals surface area contributed by atoms with Crippen molar-refractivity contribution in [2.45, 2.75) is 25.8 Å². The summed E-state index contributed by atoms with van der Waals surface area (Å²) in [6.07, 6.45) is 2.21. The fourth-order valence-electron chi connectivity index (χ4n) is 2.61. The number of nitrogens with one attached hydrogen (secondary N) is 2. The summed E-state index contributed by atoms with van der Waals surface area (Å²) in [5, 5.41) is 6.26. The summed E-state index contributed by atoms with van der Waals surface area (Å²) < 4.78 is 13.7. The van der Waals surface area contributed by atoms with Crippen LogP contribution in [-0.4, -0.2) is 43.0 Å². The van der Waals surface area contributed by atoms with Crippen LogP contribution in [0, 0.1) is 5.82 Å². The van der Waals surface area contributed by atoms with Gasteiger partial charge in [0.15, 0.2) is 0 Å². The fraction of sp³-hybridized carbons (Fsp3) is 0.533. The Balaban J connectivity index is 1.92. The van der Waals surface area contributed by atoms with Crippen molar-refractivity contribution >= 4 is 23.2 Å². The highest BCUT2D eigenvalue weighted by atomic mass is 35.5. The second kappa shape index (κ2) is 7.73. The average Bonchev–Trinajstić information content (AvgIpc) is 2.48. The molecule has 1 aliphatic heterocycles. The van der Waals surface area contributed by atoms with E-state index in [1.54, 1.807) is 6.07 Å². The molecule has 6 heteroatoms. The van der Waals surface area contributed by atoms with Gasteiger partial charge in [0, 0.05) is 17.6 Å². The maximum Gasteiger partial charge on any atom is 0.238 e. The van der Waals surface area contributed by atoms with Crippen molar-refractivity contribution in [1.82, 2.24) is 10.2 Å². The summed E-state index contributed by atoms with van der Waals surface area (Å²) in [6.45, 7) is 5.03. The topological polar surface area (TPSA) is 44.4 Å². The van der Waals surface area contributed by atoms with Crippen molar-refractivity contribution < 1.29 is 9.18 Å². The van der Waals surface area contributed by atoms with E-state index in [2.05, 4.69) is 15.5 Å². The third kappa shape index (κ3) is 4.66. The van der Waals surface area contributed by atoms with E-state index in [0.29, 0.717) is 11.1 Å². The smallest absolute Gasteiger partial charge is 0.238 e. The van der Waals surface area contributed by atoms with Crippen LogP contribution in [-0.2, 0) is 4.79 Å². The Hall–Kier alpha value is -1.17. The van der Waals surface area contributed by atoms with Gasteiger partial charge in [-0.1, -0.05) is 18.5 Å². The summed E-state index contributed by atoms with van der Waals surface area (Å²) in [5.41, 5.74) is 0.169. The summed E-state index contributed by atoms with van der Waals surface area (Å²) >= 11 is 5.69. The predicted octanol–water partition coefficient (Wildman–Crippen LogP) is 2.49. The van der Waals surface area contributed by atoms with Gasteiger partial charge in [0.1, 0.15) is 5.82 Å². The molecule has 1 aliphatic rings. The molecule has 21 heavy (non-hydrogen) atoms. The zero-order valence-corrected chi connectivity index (χ0v) is 12.9. The lowest BCUT2D eigenvalue weighted by molar-refractivity contribution is -0.117. The molecule has 0 aliphatic carbocycles. The third-order valence-corrected chi connectivity index (χ3v) is 3.98. The average molecular weight is 314 g/mol. The largest absolute Gasteiger partial charge is 0.322 e. The molecule has 1 heterocycles. The number of nitrogens with zero attached hydrogens (tertiary/aromatic N) is 1. The van der Waals surface area contributed by atoms with Gasteiger partial charge in [-0.15, -0.1) is 0 Å². The molecule has 2 N–H and O–H groups in total. The van der Waals surface area contributed by atoms with E-state index in [9.17, 15) is 9.18 Å². The maximum absolute atomic E-state index is 13.7. The van der Waals surface area contributed by atoms with Gasteiger partial charge in [-0.2, -0.15) is 0 Å². The molecule has 0 saturated carbocycles. The van der Waals surface area contributed by atoms with Crippen LogP contribution in [0.2, 0.25) is 5.02 Å². The van der Waals surface area contributed by atoms with Gasteiger partial charge < -0.3 is 10.6 Å². The van der Waals surface area contributed by atoms with E-state index < -0.39 is 5.82 Å². The van der Waals surface area contributed by atoms with Crippen molar-refractivity contribution in [2.75, 3.05) is 31.5 Å². The van der Waals surface area contributed by atoms with E-state index in [0.717, 1.165) is 32.5 Å². The van der Waals surface area contributed by atoms with Gasteiger partial charge in [0.25, 0.3) is 0 Å². The molecule has 1 atom stereocenters. The SMILES string of the molecule is CCN(CC(=O)Nc1ccc(Cl)cc1F)C1CCCNC1. The second-order valence-electron chi connectivity index (χ2n) is 5.24. The Morgan fingerprint density at radius 3 is 3.00 bits per heavy atom. The highest BCUT2D eigenvalue weighted by Gasteiger charge is 2.21. The van der Waals surface area contributed by atoms with Gasteiger partial charge in [-0.25, -0.2) is 4.39 Å².